The first-order chi connectivity index (χ1) is 10.6. The van der Waals surface area contributed by atoms with E-state index < -0.39 is 0 Å². The normalized spacial score (nSPS) is 22.3. The van der Waals surface area contributed by atoms with Crippen LogP contribution in [-0.2, 0) is 16.0 Å². The van der Waals surface area contributed by atoms with Crippen molar-refractivity contribution in [3.8, 4) is 5.75 Å². The lowest BCUT2D eigenvalue weighted by Gasteiger charge is -2.34. The number of hydrogen-bond donors (Lipinski definition) is 1. The van der Waals surface area contributed by atoms with E-state index in [1.165, 1.54) is 0 Å². The van der Waals surface area contributed by atoms with Crippen LogP contribution in [0.1, 0.15) is 19.4 Å². The molecule has 1 N–H and O–H groups in total. The van der Waals surface area contributed by atoms with Crippen molar-refractivity contribution in [1.82, 2.24) is 10.2 Å². The predicted molar refractivity (Wildman–Crippen MR) is 86.2 cm³/mol. The SMILES string of the molecule is COc1ccccc1CCNC(=O)CN1CC(C)OC(C)C1. The van der Waals surface area contributed by atoms with Gasteiger partial charge in [0.2, 0.25) is 5.91 Å². The Balaban J connectivity index is 1.74. The van der Waals surface area contributed by atoms with Gasteiger partial charge in [-0.25, -0.2) is 0 Å². The Bertz CT molecular complexity index is 483. The molecule has 5 nitrogen and oxygen atoms in total. The molecule has 0 saturated carbocycles. The first-order valence-electron chi connectivity index (χ1n) is 7.85. The van der Waals surface area contributed by atoms with E-state index in [-0.39, 0.29) is 18.1 Å². The van der Waals surface area contributed by atoms with Crippen LogP contribution in [0.2, 0.25) is 0 Å². The Hall–Kier alpha value is -1.59. The van der Waals surface area contributed by atoms with Crippen molar-refractivity contribution in [2.45, 2.75) is 32.5 Å². The number of carbonyl (C=O) groups is 1. The standard InChI is InChI=1S/C17H26N2O3/c1-13-10-19(11-14(2)22-13)12-17(20)18-9-8-15-6-4-5-7-16(15)21-3/h4-7,13-14H,8-12H2,1-3H3,(H,18,20). The van der Waals surface area contributed by atoms with Crippen molar-refractivity contribution in [2.75, 3.05) is 33.3 Å². The number of benzene rings is 1. The zero-order chi connectivity index (χ0) is 15.9. The average molecular weight is 306 g/mol. The molecule has 1 aromatic carbocycles. The lowest BCUT2D eigenvalue weighted by Crippen LogP contribution is -2.49. The molecule has 0 aliphatic carbocycles. The zero-order valence-corrected chi connectivity index (χ0v) is 13.7. The van der Waals surface area contributed by atoms with Crippen LogP contribution in [0.25, 0.3) is 0 Å². The Morgan fingerprint density at radius 2 is 2.00 bits per heavy atom. The molecule has 1 fully saturated rings. The molecule has 2 rings (SSSR count). The molecule has 0 aromatic heterocycles. The van der Waals surface area contributed by atoms with Gasteiger partial charge in [-0.05, 0) is 31.9 Å². The van der Waals surface area contributed by atoms with E-state index >= 15 is 0 Å². The van der Waals surface area contributed by atoms with Gasteiger partial charge in [-0.2, -0.15) is 0 Å². The van der Waals surface area contributed by atoms with E-state index in [9.17, 15) is 4.79 Å². The molecule has 122 valence electrons. The van der Waals surface area contributed by atoms with Crippen molar-refractivity contribution in [2.24, 2.45) is 0 Å². The van der Waals surface area contributed by atoms with E-state index in [0.717, 1.165) is 30.8 Å². The number of ether oxygens (including phenoxy) is 2. The van der Waals surface area contributed by atoms with Crippen LogP contribution in [0.4, 0.5) is 0 Å². The van der Waals surface area contributed by atoms with Crippen LogP contribution in [0.3, 0.4) is 0 Å². The molecule has 1 amide bonds. The molecule has 1 aromatic rings. The summed E-state index contributed by atoms with van der Waals surface area (Å²) in [6, 6.07) is 7.89. The summed E-state index contributed by atoms with van der Waals surface area (Å²) in [4.78, 5) is 14.2. The van der Waals surface area contributed by atoms with Gasteiger partial charge in [-0.15, -0.1) is 0 Å². The van der Waals surface area contributed by atoms with Crippen molar-refractivity contribution < 1.29 is 14.3 Å². The molecule has 5 heteroatoms. The second kappa shape index (κ2) is 8.15. The Morgan fingerprint density at radius 3 is 2.68 bits per heavy atom. The van der Waals surface area contributed by atoms with Gasteiger partial charge in [0.15, 0.2) is 0 Å². The quantitative estimate of drug-likeness (QED) is 0.864. The summed E-state index contributed by atoms with van der Waals surface area (Å²) in [5.74, 6) is 0.934. The first kappa shape index (κ1) is 16.8. The second-order valence-corrected chi connectivity index (χ2v) is 5.86. The van der Waals surface area contributed by atoms with Crippen LogP contribution in [0.5, 0.6) is 5.75 Å². The summed E-state index contributed by atoms with van der Waals surface area (Å²) in [6.45, 7) is 6.76. The minimum Gasteiger partial charge on any atom is -0.496 e. The second-order valence-electron chi connectivity index (χ2n) is 5.86. The monoisotopic (exact) mass is 306 g/mol. The number of methoxy groups -OCH3 is 1. The highest BCUT2D eigenvalue weighted by atomic mass is 16.5. The van der Waals surface area contributed by atoms with Crippen LogP contribution in [-0.4, -0.2) is 56.3 Å². The van der Waals surface area contributed by atoms with Crippen molar-refractivity contribution >= 4 is 5.91 Å². The largest absolute Gasteiger partial charge is 0.496 e. The zero-order valence-electron chi connectivity index (χ0n) is 13.7. The van der Waals surface area contributed by atoms with E-state index in [4.69, 9.17) is 9.47 Å². The van der Waals surface area contributed by atoms with Gasteiger partial charge < -0.3 is 14.8 Å². The third-order valence-corrected chi connectivity index (χ3v) is 3.77. The topological polar surface area (TPSA) is 50.8 Å². The molecule has 1 aliphatic rings. The van der Waals surface area contributed by atoms with E-state index in [2.05, 4.69) is 10.2 Å². The van der Waals surface area contributed by atoms with Crippen molar-refractivity contribution in [3.63, 3.8) is 0 Å². The van der Waals surface area contributed by atoms with Crippen LogP contribution in [0.15, 0.2) is 24.3 Å². The molecular formula is C17H26N2O3. The number of rotatable bonds is 6. The number of nitrogens with one attached hydrogen (secondary N) is 1. The molecule has 22 heavy (non-hydrogen) atoms. The van der Waals surface area contributed by atoms with Gasteiger partial charge in [0.1, 0.15) is 5.75 Å². The molecule has 1 heterocycles. The highest BCUT2D eigenvalue weighted by molar-refractivity contribution is 5.78. The average Bonchev–Trinajstić information content (AvgIpc) is 2.46. The van der Waals surface area contributed by atoms with Crippen LogP contribution >= 0.6 is 0 Å². The molecule has 2 unspecified atom stereocenters. The summed E-state index contributed by atoms with van der Waals surface area (Å²) in [5.41, 5.74) is 1.11. The fraction of sp³-hybridized carbons (Fsp3) is 0.588. The lowest BCUT2D eigenvalue weighted by molar-refractivity contribution is -0.125. The number of hydrogen-bond acceptors (Lipinski definition) is 4. The number of para-hydroxylation sites is 1. The summed E-state index contributed by atoms with van der Waals surface area (Å²) in [7, 11) is 1.66. The maximum absolute atomic E-state index is 12.0. The summed E-state index contributed by atoms with van der Waals surface area (Å²) in [5, 5.41) is 2.98. The summed E-state index contributed by atoms with van der Waals surface area (Å²) >= 11 is 0. The van der Waals surface area contributed by atoms with Gasteiger partial charge >= 0.3 is 0 Å². The lowest BCUT2D eigenvalue weighted by atomic mass is 10.1. The molecule has 1 aliphatic heterocycles. The number of morpholine rings is 1. The fourth-order valence-corrected chi connectivity index (χ4v) is 2.92. The molecular weight excluding hydrogens is 280 g/mol. The highest BCUT2D eigenvalue weighted by Gasteiger charge is 2.23. The van der Waals surface area contributed by atoms with Gasteiger partial charge in [0.05, 0.1) is 25.9 Å². The summed E-state index contributed by atoms with van der Waals surface area (Å²) in [6.07, 6.45) is 1.14. The Kier molecular flexibility index (Phi) is 6.21. The molecule has 1 saturated heterocycles. The van der Waals surface area contributed by atoms with Crippen molar-refractivity contribution in [3.05, 3.63) is 29.8 Å². The van der Waals surface area contributed by atoms with Gasteiger partial charge in [0, 0.05) is 19.6 Å². The van der Waals surface area contributed by atoms with Crippen LogP contribution in [0, 0.1) is 0 Å². The van der Waals surface area contributed by atoms with Crippen molar-refractivity contribution in [1.29, 1.82) is 0 Å². The van der Waals surface area contributed by atoms with Gasteiger partial charge in [0.25, 0.3) is 0 Å². The van der Waals surface area contributed by atoms with Gasteiger partial charge in [-0.1, -0.05) is 18.2 Å². The third kappa shape index (κ3) is 5.00. The molecule has 2 atom stereocenters. The number of carbonyl (C=O) groups excluding carboxylic acids is 1. The summed E-state index contributed by atoms with van der Waals surface area (Å²) < 4.78 is 11.0. The maximum Gasteiger partial charge on any atom is 0.234 e. The molecule has 0 radical (unpaired) electrons. The third-order valence-electron chi connectivity index (χ3n) is 3.77. The molecule has 0 spiro atoms. The maximum atomic E-state index is 12.0. The first-order valence-corrected chi connectivity index (χ1v) is 7.85. The minimum absolute atomic E-state index is 0.0659. The van der Waals surface area contributed by atoms with E-state index in [1.807, 2.05) is 38.1 Å². The smallest absolute Gasteiger partial charge is 0.234 e. The number of nitrogens with zero attached hydrogens (tertiary/aromatic N) is 1. The van der Waals surface area contributed by atoms with E-state index in [0.29, 0.717) is 13.1 Å². The molecule has 0 bridgehead atoms. The van der Waals surface area contributed by atoms with Crippen LogP contribution < -0.4 is 10.1 Å². The predicted octanol–water partition coefficient (Wildman–Crippen LogP) is 1.46. The Labute approximate surface area is 132 Å². The number of amides is 1. The highest BCUT2D eigenvalue weighted by Crippen LogP contribution is 2.17. The van der Waals surface area contributed by atoms with Gasteiger partial charge in [-0.3, -0.25) is 9.69 Å². The Morgan fingerprint density at radius 1 is 1.32 bits per heavy atom. The van der Waals surface area contributed by atoms with E-state index in [1.54, 1.807) is 7.11 Å². The minimum atomic E-state index is 0.0659. The fourth-order valence-electron chi connectivity index (χ4n) is 2.92.